The summed E-state index contributed by atoms with van der Waals surface area (Å²) in [7, 11) is 1.83. The molecule has 0 aliphatic carbocycles. The second-order valence-corrected chi connectivity index (χ2v) is 10.9. The summed E-state index contributed by atoms with van der Waals surface area (Å²) < 4.78 is 5.25. The summed E-state index contributed by atoms with van der Waals surface area (Å²) in [5, 5.41) is 7.94. The van der Waals surface area contributed by atoms with E-state index in [1.807, 2.05) is 49.9 Å². The Bertz CT molecular complexity index is 1820. The largest absolute Gasteiger partial charge is 0.323 e. The Labute approximate surface area is 241 Å². The highest BCUT2D eigenvalue weighted by Crippen LogP contribution is 2.33. The molecule has 5 heterocycles. The van der Waals surface area contributed by atoms with E-state index in [-0.39, 0.29) is 23.4 Å². The van der Waals surface area contributed by atoms with Gasteiger partial charge in [0.15, 0.2) is 0 Å². The van der Waals surface area contributed by atoms with Crippen molar-refractivity contribution in [2.75, 3.05) is 5.32 Å². The summed E-state index contributed by atoms with van der Waals surface area (Å²) in [5.74, 6) is -0.265. The van der Waals surface area contributed by atoms with Crippen LogP contribution >= 0.6 is 11.6 Å². The molecule has 1 aliphatic rings. The average Bonchev–Trinajstić information content (AvgIpc) is 3.55. The number of carbonyl (C=O) groups is 1. The van der Waals surface area contributed by atoms with Crippen LogP contribution in [0.4, 0.5) is 5.69 Å². The van der Waals surface area contributed by atoms with E-state index < -0.39 is 0 Å². The van der Waals surface area contributed by atoms with Crippen LogP contribution in [-0.4, -0.2) is 39.8 Å². The lowest BCUT2D eigenvalue weighted by atomic mass is 9.97. The van der Waals surface area contributed by atoms with E-state index in [1.54, 1.807) is 46.4 Å². The highest BCUT2D eigenvalue weighted by Gasteiger charge is 2.24. The van der Waals surface area contributed by atoms with Crippen LogP contribution in [0.1, 0.15) is 43.6 Å². The third-order valence-corrected chi connectivity index (χ3v) is 7.79. The summed E-state index contributed by atoms with van der Waals surface area (Å²) in [5.41, 5.74) is 5.72. The fraction of sp³-hybridized carbons (Fsp3) is 0.267. The second-order valence-electron chi connectivity index (χ2n) is 10.4. The molecule has 0 radical (unpaired) electrons. The number of aryl methyl sites for hydroxylation is 2. The molecule has 2 unspecified atom stereocenters. The number of pyridine rings is 1. The van der Waals surface area contributed by atoms with Crippen molar-refractivity contribution >= 4 is 23.2 Å². The van der Waals surface area contributed by atoms with E-state index in [0.717, 1.165) is 40.3 Å². The van der Waals surface area contributed by atoms with Gasteiger partial charge in [-0.2, -0.15) is 5.10 Å². The molecule has 0 saturated heterocycles. The summed E-state index contributed by atoms with van der Waals surface area (Å²) in [6.45, 7) is 3.83. The highest BCUT2D eigenvalue weighted by molar-refractivity contribution is 6.31. The van der Waals surface area contributed by atoms with Crippen LogP contribution < -0.4 is 10.9 Å². The zero-order valence-electron chi connectivity index (χ0n) is 23.0. The Balaban J connectivity index is 1.44. The van der Waals surface area contributed by atoms with E-state index in [1.165, 1.54) is 6.07 Å². The molecule has 1 N–H and O–H groups in total. The molecule has 5 aromatic rings. The van der Waals surface area contributed by atoms with Crippen molar-refractivity contribution in [2.24, 2.45) is 13.0 Å². The van der Waals surface area contributed by atoms with Gasteiger partial charge in [-0.3, -0.25) is 23.8 Å². The highest BCUT2D eigenvalue weighted by atomic mass is 35.5. The number of amides is 1. The standard InChI is InChI=1S/C30H29ClN8O2/c1-18-5-4-6-27(24-11-20(9-10-32-24)29-25(36-30(18)41)14-35-37(29)3)39-17-34-23(13-28(39)40)22-12-21(31)7-8-26(22)38-15-19(2)33-16-38/h7-18,27H,4-6H2,1-3H3,(H,36,41). The molecule has 41 heavy (non-hydrogen) atoms. The Morgan fingerprint density at radius 3 is 2.66 bits per heavy atom. The molecule has 2 bridgehead atoms. The van der Waals surface area contributed by atoms with Gasteiger partial charge < -0.3 is 9.88 Å². The van der Waals surface area contributed by atoms with E-state index in [2.05, 4.69) is 20.4 Å². The Hall–Kier alpha value is -4.57. The van der Waals surface area contributed by atoms with E-state index in [9.17, 15) is 9.59 Å². The fourth-order valence-electron chi connectivity index (χ4n) is 5.37. The van der Waals surface area contributed by atoms with Crippen LogP contribution in [0.25, 0.3) is 28.2 Å². The molecular formula is C30H29ClN8O2. The quantitative estimate of drug-likeness (QED) is 0.320. The van der Waals surface area contributed by atoms with Crippen molar-refractivity contribution in [3.05, 3.63) is 94.4 Å². The van der Waals surface area contributed by atoms with Crippen LogP contribution in [0.5, 0.6) is 0 Å². The molecule has 4 aromatic heterocycles. The van der Waals surface area contributed by atoms with Crippen molar-refractivity contribution in [2.45, 2.75) is 39.2 Å². The molecule has 208 valence electrons. The minimum Gasteiger partial charge on any atom is -0.323 e. The number of rotatable bonds is 3. The predicted molar refractivity (Wildman–Crippen MR) is 157 cm³/mol. The number of aromatic nitrogens is 7. The SMILES string of the molecule is Cc1cn(-c2ccc(Cl)cc2-c2cc(=O)n(C3CCCC(C)C(=O)Nc4cnn(C)c4-c4ccnc3c4)cn2)cn1. The predicted octanol–water partition coefficient (Wildman–Crippen LogP) is 5.20. The van der Waals surface area contributed by atoms with Gasteiger partial charge in [-0.15, -0.1) is 0 Å². The molecule has 0 saturated carbocycles. The Morgan fingerprint density at radius 1 is 1.02 bits per heavy atom. The lowest BCUT2D eigenvalue weighted by Crippen LogP contribution is -2.27. The molecule has 0 fully saturated rings. The maximum absolute atomic E-state index is 13.7. The molecule has 10 nitrogen and oxygen atoms in total. The van der Waals surface area contributed by atoms with Gasteiger partial charge in [-0.05, 0) is 50.1 Å². The lowest BCUT2D eigenvalue weighted by Gasteiger charge is -2.22. The summed E-state index contributed by atoms with van der Waals surface area (Å²) >= 11 is 6.36. The van der Waals surface area contributed by atoms with Gasteiger partial charge in [-0.1, -0.05) is 24.9 Å². The number of nitrogens with one attached hydrogen (secondary N) is 1. The van der Waals surface area contributed by atoms with Gasteiger partial charge in [0.1, 0.15) is 0 Å². The monoisotopic (exact) mass is 568 g/mol. The molecular weight excluding hydrogens is 540 g/mol. The maximum Gasteiger partial charge on any atom is 0.254 e. The number of hydrogen-bond acceptors (Lipinski definition) is 6. The van der Waals surface area contributed by atoms with Gasteiger partial charge in [0.05, 0.1) is 59.0 Å². The number of nitrogens with zero attached hydrogens (tertiary/aromatic N) is 7. The molecule has 11 heteroatoms. The Kier molecular flexibility index (Phi) is 7.00. The maximum atomic E-state index is 13.7. The summed E-state index contributed by atoms with van der Waals surface area (Å²) in [6.07, 6.45) is 10.6. The van der Waals surface area contributed by atoms with Gasteiger partial charge in [0.25, 0.3) is 5.56 Å². The molecule has 1 aromatic carbocycles. The van der Waals surface area contributed by atoms with Crippen LogP contribution in [-0.2, 0) is 11.8 Å². The molecule has 0 spiro atoms. The van der Waals surface area contributed by atoms with Crippen molar-refractivity contribution in [3.8, 4) is 28.2 Å². The number of hydrogen-bond donors (Lipinski definition) is 1. The lowest BCUT2D eigenvalue weighted by molar-refractivity contribution is -0.119. The van der Waals surface area contributed by atoms with Crippen molar-refractivity contribution in [1.82, 2.24) is 33.9 Å². The Morgan fingerprint density at radius 2 is 1.88 bits per heavy atom. The van der Waals surface area contributed by atoms with Crippen LogP contribution in [0, 0.1) is 12.8 Å². The van der Waals surface area contributed by atoms with Crippen LogP contribution in [0.3, 0.4) is 0 Å². The topological polar surface area (TPSA) is 113 Å². The number of halogens is 1. The van der Waals surface area contributed by atoms with E-state index in [4.69, 9.17) is 16.6 Å². The van der Waals surface area contributed by atoms with Gasteiger partial charge in [0.2, 0.25) is 5.91 Å². The third-order valence-electron chi connectivity index (χ3n) is 7.55. The fourth-order valence-corrected chi connectivity index (χ4v) is 5.54. The van der Waals surface area contributed by atoms with Crippen LogP contribution in [0.2, 0.25) is 5.02 Å². The zero-order chi connectivity index (χ0) is 28.7. The van der Waals surface area contributed by atoms with E-state index >= 15 is 0 Å². The number of carbonyl (C=O) groups excluding carboxylic acids is 1. The zero-order valence-corrected chi connectivity index (χ0v) is 23.7. The average molecular weight is 569 g/mol. The smallest absolute Gasteiger partial charge is 0.254 e. The first-order chi connectivity index (χ1) is 19.8. The first-order valence-electron chi connectivity index (χ1n) is 13.5. The minimum absolute atomic E-state index is 0.0562. The molecule has 1 amide bonds. The van der Waals surface area contributed by atoms with Crippen molar-refractivity contribution in [3.63, 3.8) is 0 Å². The van der Waals surface area contributed by atoms with Crippen molar-refractivity contribution in [1.29, 1.82) is 0 Å². The van der Waals surface area contributed by atoms with Crippen LogP contribution in [0.15, 0.2) is 72.4 Å². The number of anilines is 1. The second kappa shape index (κ2) is 10.8. The molecule has 6 rings (SSSR count). The normalized spacial score (nSPS) is 17.3. The van der Waals surface area contributed by atoms with E-state index in [0.29, 0.717) is 29.2 Å². The van der Waals surface area contributed by atoms with Crippen molar-refractivity contribution < 1.29 is 4.79 Å². The van der Waals surface area contributed by atoms with Gasteiger partial charge in [0, 0.05) is 47.6 Å². The molecule has 2 atom stereocenters. The summed E-state index contributed by atoms with van der Waals surface area (Å²) in [6, 6.07) is 10.5. The third kappa shape index (κ3) is 5.18. The number of fused-ring (bicyclic) bond motifs is 4. The first-order valence-corrected chi connectivity index (χ1v) is 13.8. The number of benzene rings is 1. The number of imidazole rings is 1. The van der Waals surface area contributed by atoms with Gasteiger partial charge in [-0.25, -0.2) is 9.97 Å². The summed E-state index contributed by atoms with van der Waals surface area (Å²) in [4.78, 5) is 40.4. The van der Waals surface area contributed by atoms with Gasteiger partial charge >= 0.3 is 0 Å². The molecule has 1 aliphatic heterocycles. The first kappa shape index (κ1) is 26.6. The minimum atomic E-state index is -0.370.